The predicted octanol–water partition coefficient (Wildman–Crippen LogP) is 3.55. The van der Waals surface area contributed by atoms with Gasteiger partial charge in [-0.05, 0) is 31.0 Å². The van der Waals surface area contributed by atoms with E-state index in [2.05, 4.69) is 5.32 Å². The number of hydrogen-bond acceptors (Lipinski definition) is 6. The summed E-state index contributed by atoms with van der Waals surface area (Å²) in [7, 11) is 1.86. The number of anilines is 1. The number of amides is 1. The topological polar surface area (TPSA) is 99.3 Å². The number of rotatable bonds is 7. The molecule has 130 valence electrons. The summed E-state index contributed by atoms with van der Waals surface area (Å²) in [6, 6.07) is 10.1. The van der Waals surface area contributed by atoms with E-state index >= 15 is 0 Å². The van der Waals surface area contributed by atoms with Gasteiger partial charge in [0, 0.05) is 31.1 Å². The third-order valence-electron chi connectivity index (χ3n) is 3.95. The van der Waals surface area contributed by atoms with Crippen LogP contribution in [-0.2, 0) is 4.79 Å². The first-order chi connectivity index (χ1) is 11.9. The maximum absolute atomic E-state index is 12.1. The minimum absolute atomic E-state index is 0.0530. The Morgan fingerprint density at radius 1 is 1.48 bits per heavy atom. The number of carbonyl (C=O) groups excluding carboxylic acids is 1. The molecule has 0 spiro atoms. The van der Waals surface area contributed by atoms with Gasteiger partial charge in [0.25, 0.3) is 5.69 Å². The first-order valence-electron chi connectivity index (χ1n) is 7.64. The summed E-state index contributed by atoms with van der Waals surface area (Å²) in [5, 5.41) is 24.9. The lowest BCUT2D eigenvalue weighted by atomic mass is 10.1. The van der Waals surface area contributed by atoms with Gasteiger partial charge in [0.15, 0.2) is 0 Å². The Balaban J connectivity index is 1.92. The third kappa shape index (κ3) is 4.86. The molecule has 0 fully saturated rings. The minimum Gasteiger partial charge on any atom is -0.317 e. The van der Waals surface area contributed by atoms with Crippen LogP contribution in [0.25, 0.3) is 0 Å². The van der Waals surface area contributed by atoms with E-state index in [1.807, 2.05) is 31.0 Å². The zero-order chi connectivity index (χ0) is 18.4. The number of non-ortho nitro benzene ring substituents is 1. The van der Waals surface area contributed by atoms with Crippen molar-refractivity contribution in [2.45, 2.75) is 19.4 Å². The number of carbonyl (C=O) groups is 1. The molecule has 7 nitrogen and oxygen atoms in total. The monoisotopic (exact) mass is 358 g/mol. The van der Waals surface area contributed by atoms with Crippen LogP contribution in [-0.4, -0.2) is 29.3 Å². The lowest BCUT2D eigenvalue weighted by molar-refractivity contribution is -0.384. The standard InChI is InChI=1S/C17H18N4O3S/c1-12(13-4-3-5-15(10-13)21(23)24)20(2)8-6-16(22)19-17-14(11-18)7-9-25-17/h3-5,7,9-10,12H,6,8H2,1-2H3,(H,19,22). The second kappa shape index (κ2) is 8.37. The van der Waals surface area contributed by atoms with Crippen molar-refractivity contribution < 1.29 is 9.72 Å². The number of benzene rings is 1. The highest BCUT2D eigenvalue weighted by Gasteiger charge is 2.16. The molecule has 0 aliphatic rings. The van der Waals surface area contributed by atoms with Gasteiger partial charge in [-0.25, -0.2) is 0 Å². The van der Waals surface area contributed by atoms with Crippen LogP contribution in [0, 0.1) is 21.4 Å². The molecular formula is C17H18N4O3S. The van der Waals surface area contributed by atoms with Crippen molar-refractivity contribution >= 4 is 27.9 Å². The Morgan fingerprint density at radius 2 is 2.24 bits per heavy atom. The van der Waals surface area contributed by atoms with Gasteiger partial charge in [-0.15, -0.1) is 11.3 Å². The van der Waals surface area contributed by atoms with Crippen LogP contribution in [0.4, 0.5) is 10.7 Å². The molecule has 2 aromatic rings. The maximum atomic E-state index is 12.1. The number of hydrogen-bond donors (Lipinski definition) is 1. The van der Waals surface area contributed by atoms with E-state index in [9.17, 15) is 14.9 Å². The first kappa shape index (κ1) is 18.6. The highest BCUT2D eigenvalue weighted by atomic mass is 32.1. The van der Waals surface area contributed by atoms with E-state index in [1.165, 1.54) is 17.4 Å². The van der Waals surface area contributed by atoms with Gasteiger partial charge >= 0.3 is 0 Å². The summed E-state index contributed by atoms with van der Waals surface area (Å²) in [6.07, 6.45) is 0.262. The molecule has 1 amide bonds. The van der Waals surface area contributed by atoms with Crippen LogP contribution in [0.2, 0.25) is 0 Å². The summed E-state index contributed by atoms with van der Waals surface area (Å²) in [6.45, 7) is 2.42. The fourth-order valence-electron chi connectivity index (χ4n) is 2.31. The average molecular weight is 358 g/mol. The second-order valence-electron chi connectivity index (χ2n) is 5.58. The van der Waals surface area contributed by atoms with Gasteiger partial charge in [-0.1, -0.05) is 12.1 Å². The molecule has 1 unspecified atom stereocenters. The number of nitro benzene ring substituents is 1. The Bertz CT molecular complexity index is 812. The van der Waals surface area contributed by atoms with E-state index in [4.69, 9.17) is 5.26 Å². The molecule has 1 aromatic carbocycles. The van der Waals surface area contributed by atoms with E-state index in [-0.39, 0.29) is 24.1 Å². The first-order valence-corrected chi connectivity index (χ1v) is 8.52. The maximum Gasteiger partial charge on any atom is 0.269 e. The van der Waals surface area contributed by atoms with Crippen molar-refractivity contribution in [1.82, 2.24) is 4.90 Å². The normalized spacial score (nSPS) is 11.8. The Morgan fingerprint density at radius 3 is 2.92 bits per heavy atom. The molecule has 0 aliphatic carbocycles. The van der Waals surface area contributed by atoms with Gasteiger partial charge in [-0.2, -0.15) is 5.26 Å². The summed E-state index contributed by atoms with van der Waals surface area (Å²) in [4.78, 5) is 24.5. The molecule has 2 rings (SSSR count). The Labute approximate surface area is 149 Å². The molecule has 0 saturated heterocycles. The second-order valence-corrected chi connectivity index (χ2v) is 6.50. The van der Waals surface area contributed by atoms with Crippen LogP contribution >= 0.6 is 11.3 Å². The largest absolute Gasteiger partial charge is 0.317 e. The molecular weight excluding hydrogens is 340 g/mol. The van der Waals surface area contributed by atoms with Crippen LogP contribution in [0.1, 0.15) is 30.5 Å². The van der Waals surface area contributed by atoms with Crippen molar-refractivity contribution in [1.29, 1.82) is 5.26 Å². The van der Waals surface area contributed by atoms with Crippen molar-refractivity contribution in [3.8, 4) is 6.07 Å². The average Bonchev–Trinajstić information content (AvgIpc) is 3.06. The van der Waals surface area contributed by atoms with E-state index < -0.39 is 4.92 Å². The summed E-state index contributed by atoms with van der Waals surface area (Å²) >= 11 is 1.31. The molecule has 25 heavy (non-hydrogen) atoms. The SMILES string of the molecule is CC(c1cccc([N+](=O)[O-])c1)N(C)CCC(=O)Nc1sccc1C#N. The Kier molecular flexibility index (Phi) is 6.22. The van der Waals surface area contributed by atoms with E-state index in [0.717, 1.165) is 5.56 Å². The molecule has 0 saturated carbocycles. The lowest BCUT2D eigenvalue weighted by Gasteiger charge is -2.24. The number of thiophene rings is 1. The number of nitro groups is 1. The zero-order valence-corrected chi connectivity index (χ0v) is 14.7. The fourth-order valence-corrected chi connectivity index (χ4v) is 3.06. The van der Waals surface area contributed by atoms with E-state index in [0.29, 0.717) is 17.1 Å². The lowest BCUT2D eigenvalue weighted by Crippen LogP contribution is -2.27. The summed E-state index contributed by atoms with van der Waals surface area (Å²) < 4.78 is 0. The number of nitrogens with zero attached hydrogens (tertiary/aromatic N) is 3. The van der Waals surface area contributed by atoms with Crippen molar-refractivity contribution in [2.75, 3.05) is 18.9 Å². The van der Waals surface area contributed by atoms with Crippen molar-refractivity contribution in [3.05, 3.63) is 57.0 Å². The minimum atomic E-state index is -0.419. The molecule has 1 atom stereocenters. The van der Waals surface area contributed by atoms with Gasteiger partial charge in [-0.3, -0.25) is 19.8 Å². The molecule has 1 heterocycles. The van der Waals surface area contributed by atoms with E-state index in [1.54, 1.807) is 23.6 Å². The molecule has 8 heteroatoms. The highest BCUT2D eigenvalue weighted by Crippen LogP contribution is 2.24. The summed E-state index contributed by atoms with van der Waals surface area (Å²) in [5.74, 6) is -0.169. The highest BCUT2D eigenvalue weighted by molar-refractivity contribution is 7.14. The van der Waals surface area contributed by atoms with Crippen LogP contribution in [0.5, 0.6) is 0 Å². The van der Waals surface area contributed by atoms with Crippen LogP contribution < -0.4 is 5.32 Å². The summed E-state index contributed by atoms with van der Waals surface area (Å²) in [5.41, 5.74) is 1.33. The molecule has 0 bridgehead atoms. The van der Waals surface area contributed by atoms with Crippen molar-refractivity contribution in [2.24, 2.45) is 0 Å². The molecule has 0 aliphatic heterocycles. The third-order valence-corrected chi connectivity index (χ3v) is 4.78. The quantitative estimate of drug-likeness (QED) is 0.603. The van der Waals surface area contributed by atoms with Gasteiger partial charge < -0.3 is 5.32 Å². The smallest absolute Gasteiger partial charge is 0.269 e. The number of nitriles is 1. The zero-order valence-electron chi connectivity index (χ0n) is 13.9. The Hall–Kier alpha value is -2.76. The van der Waals surface area contributed by atoms with Gasteiger partial charge in [0.05, 0.1) is 10.5 Å². The predicted molar refractivity (Wildman–Crippen MR) is 96.4 cm³/mol. The van der Waals surface area contributed by atoms with Crippen LogP contribution in [0.3, 0.4) is 0 Å². The fraction of sp³-hybridized carbons (Fsp3) is 0.294. The van der Waals surface area contributed by atoms with Crippen molar-refractivity contribution in [3.63, 3.8) is 0 Å². The molecule has 0 radical (unpaired) electrons. The van der Waals surface area contributed by atoms with Crippen LogP contribution in [0.15, 0.2) is 35.7 Å². The molecule has 1 N–H and O–H groups in total. The van der Waals surface area contributed by atoms with Gasteiger partial charge in [0.2, 0.25) is 5.91 Å². The van der Waals surface area contributed by atoms with Gasteiger partial charge in [0.1, 0.15) is 11.1 Å². The molecule has 1 aromatic heterocycles. The number of nitrogens with one attached hydrogen (secondary N) is 1.